The van der Waals surface area contributed by atoms with Crippen molar-refractivity contribution in [2.45, 2.75) is 195 Å². The van der Waals surface area contributed by atoms with Gasteiger partial charge in [0.2, 0.25) is 5.91 Å². The van der Waals surface area contributed by atoms with Crippen LogP contribution in [0.15, 0.2) is 116 Å². The molecule has 7 aromatic rings. The van der Waals surface area contributed by atoms with Crippen molar-refractivity contribution < 1.29 is 19.1 Å². The number of nitrogens with one attached hydrogen (secondary N) is 3. The Labute approximate surface area is 542 Å². The Hall–Kier alpha value is -8.08. The summed E-state index contributed by atoms with van der Waals surface area (Å²) in [5.41, 5.74) is 28.1. The molecule has 0 fully saturated rings. The topological polar surface area (TPSA) is 148 Å². The molecule has 2 aliphatic heterocycles. The van der Waals surface area contributed by atoms with Gasteiger partial charge in [0.05, 0.1) is 29.4 Å². The minimum Gasteiger partial charge on any atom is -0.494 e. The molecule has 0 saturated carbocycles. The average Bonchev–Trinajstić information content (AvgIpc) is 1.82. The number of carbonyl (C=O) groups is 2. The summed E-state index contributed by atoms with van der Waals surface area (Å²) < 4.78 is 11.4. The Kier molecular flexibility index (Phi) is 19.4. The van der Waals surface area contributed by atoms with Crippen LogP contribution in [0.4, 0.5) is 0 Å². The molecule has 0 spiro atoms. The van der Waals surface area contributed by atoms with E-state index in [-0.39, 0.29) is 45.0 Å². The van der Waals surface area contributed by atoms with Crippen LogP contribution in [0.3, 0.4) is 0 Å². The Morgan fingerprint density at radius 1 is 0.484 bits per heavy atom. The number of carbonyl (C=O) groups excluding carboxylic acids is 2. The molecule has 5 heterocycles. The van der Waals surface area contributed by atoms with E-state index in [1.165, 1.54) is 39.5 Å². The lowest BCUT2D eigenvalue weighted by molar-refractivity contribution is -0.144. The number of rotatable bonds is 17. The van der Waals surface area contributed by atoms with Gasteiger partial charge < -0.3 is 30.5 Å². The van der Waals surface area contributed by atoms with Gasteiger partial charge in [0.25, 0.3) is 0 Å². The first-order chi connectivity index (χ1) is 42.6. The molecule has 3 aromatic heterocycles. The number of amides is 1. The van der Waals surface area contributed by atoms with Crippen molar-refractivity contribution >= 4 is 58.2 Å². The second kappa shape index (κ2) is 26.3. The molecule has 1 atom stereocenters. The number of benzene rings is 4. The van der Waals surface area contributed by atoms with E-state index in [0.717, 1.165) is 89.4 Å². The second-order valence-electron chi connectivity index (χ2n) is 31.2. The van der Waals surface area contributed by atoms with E-state index in [0.29, 0.717) is 51.0 Å². The maximum atomic E-state index is 12.8. The van der Waals surface area contributed by atoms with Gasteiger partial charge in [-0.05, 0) is 175 Å². The zero-order chi connectivity index (χ0) is 66.2. The van der Waals surface area contributed by atoms with Crippen molar-refractivity contribution in [3.05, 3.63) is 172 Å². The molecule has 2 aliphatic rings. The number of hydrogen-bond donors (Lipinski definition) is 4. The molecular weight excluding hydrogens is 1120 g/mol. The lowest BCUT2D eigenvalue weighted by Crippen LogP contribution is -2.32. The fourth-order valence-electron chi connectivity index (χ4n) is 11.6. The number of esters is 1. The summed E-state index contributed by atoms with van der Waals surface area (Å²) in [4.78, 5) is 44.5. The predicted octanol–water partition coefficient (Wildman–Crippen LogP) is 19.6. The summed E-state index contributed by atoms with van der Waals surface area (Å²) in [5, 5.41) is 2.99. The van der Waals surface area contributed by atoms with E-state index < -0.39 is 12.0 Å². The van der Waals surface area contributed by atoms with Gasteiger partial charge in [-0.15, -0.1) is 0 Å². The van der Waals surface area contributed by atoms with E-state index in [1.807, 2.05) is 12.1 Å². The summed E-state index contributed by atoms with van der Waals surface area (Å²) in [5.74, 6) is 0.219. The number of H-pyrrole nitrogens is 2. The zero-order valence-electron chi connectivity index (χ0n) is 57.7. The summed E-state index contributed by atoms with van der Waals surface area (Å²) in [6.45, 7) is 45.9. The minimum atomic E-state index is -0.689. The quantitative estimate of drug-likeness (QED) is 0.0403. The van der Waals surface area contributed by atoms with Crippen LogP contribution < -0.4 is 15.8 Å². The van der Waals surface area contributed by atoms with Crippen molar-refractivity contribution in [1.29, 1.82) is 0 Å². The Morgan fingerprint density at radius 3 is 1.15 bits per heavy atom. The molecule has 10 heteroatoms. The van der Waals surface area contributed by atoms with Gasteiger partial charge in [0.1, 0.15) is 18.4 Å². The molecule has 5 N–H and O–H groups in total. The van der Waals surface area contributed by atoms with Crippen molar-refractivity contribution in [3.63, 3.8) is 0 Å². The number of aromatic amines is 2. The van der Waals surface area contributed by atoms with Gasteiger partial charge in [-0.25, -0.2) is 9.97 Å². The molecule has 4 aromatic carbocycles. The third-order valence-electron chi connectivity index (χ3n) is 17.5. The molecule has 9 rings (SSSR count). The number of hydrogen-bond acceptors (Lipinski definition) is 7. The summed E-state index contributed by atoms with van der Waals surface area (Å²) in [6, 6.07) is 37.8. The third kappa shape index (κ3) is 16.0. The van der Waals surface area contributed by atoms with E-state index in [1.54, 1.807) is 0 Å². The zero-order valence-corrected chi connectivity index (χ0v) is 57.7. The van der Waals surface area contributed by atoms with Gasteiger partial charge in [-0.3, -0.25) is 9.59 Å². The van der Waals surface area contributed by atoms with E-state index in [2.05, 4.69) is 262 Å². The monoisotopic (exact) mass is 1220 g/mol. The smallest absolute Gasteiger partial charge is 0.323 e. The van der Waals surface area contributed by atoms with E-state index in [4.69, 9.17) is 25.2 Å². The van der Waals surface area contributed by atoms with Gasteiger partial charge in [0, 0.05) is 57.3 Å². The van der Waals surface area contributed by atoms with Gasteiger partial charge in [-0.1, -0.05) is 204 Å². The first kappa shape index (κ1) is 67.3. The van der Waals surface area contributed by atoms with Crippen LogP contribution in [0, 0.1) is 0 Å². The Balaban J connectivity index is 1.26. The molecule has 0 saturated heterocycles. The summed E-state index contributed by atoms with van der Waals surface area (Å²) in [6.07, 6.45) is 13.1. The molecule has 8 bridgehead atoms. The lowest BCUT2D eigenvalue weighted by atomic mass is 9.78. The fourth-order valence-corrected chi connectivity index (χ4v) is 11.6. The normalized spacial score (nSPS) is 13.4. The highest BCUT2D eigenvalue weighted by Gasteiger charge is 2.28. The third-order valence-corrected chi connectivity index (χ3v) is 17.5. The highest BCUT2D eigenvalue weighted by molar-refractivity contribution is 6.00. The first-order valence-electron chi connectivity index (χ1n) is 32.8. The molecule has 0 aliphatic carbocycles. The van der Waals surface area contributed by atoms with Crippen LogP contribution in [0.1, 0.15) is 213 Å². The molecule has 478 valence electrons. The minimum absolute atomic E-state index is 0.0446. The van der Waals surface area contributed by atoms with Crippen LogP contribution in [0.5, 0.6) is 5.75 Å². The average molecular weight is 1220 g/mol. The number of ether oxygens (including phenoxy) is 2. The van der Waals surface area contributed by atoms with Gasteiger partial charge in [-0.2, -0.15) is 0 Å². The SMILES string of the molecule is C=CCOC(=O)[C@@H](N)CCCCNC(=O)CCCOc1ccc(-c2c3nc(c(-c4cc(C(C)(C)C)cc(C(C)(C)C)c4)c4ccc([nH]4)c(-c4cc(C(C)(C)C)cc(C(C)(C)C)c4)c4nc(c(-c5cc(C(C)(C)C)cc(C(C)(C)C)c5)c5ccc2[nH]5)C=C4)C=C3)cc1. The van der Waals surface area contributed by atoms with Crippen molar-refractivity contribution in [2.75, 3.05) is 19.8 Å². The maximum absolute atomic E-state index is 12.8. The molecule has 0 unspecified atom stereocenters. The highest BCUT2D eigenvalue weighted by atomic mass is 16.5. The van der Waals surface area contributed by atoms with Crippen LogP contribution in [0.2, 0.25) is 0 Å². The second-order valence-corrected chi connectivity index (χ2v) is 31.2. The van der Waals surface area contributed by atoms with E-state index in [9.17, 15) is 9.59 Å². The maximum Gasteiger partial charge on any atom is 0.323 e. The van der Waals surface area contributed by atoms with E-state index >= 15 is 0 Å². The van der Waals surface area contributed by atoms with Crippen molar-refractivity contribution in [1.82, 2.24) is 25.3 Å². The lowest BCUT2D eigenvalue weighted by Gasteiger charge is -2.26. The number of nitrogens with zero attached hydrogens (tertiary/aromatic N) is 2. The molecule has 1 amide bonds. The van der Waals surface area contributed by atoms with Crippen molar-refractivity contribution in [2.24, 2.45) is 5.73 Å². The van der Waals surface area contributed by atoms with Gasteiger partial charge >= 0.3 is 5.97 Å². The fraction of sp³-hybridized carbons (Fsp3) is 0.407. The van der Waals surface area contributed by atoms with Gasteiger partial charge in [0.15, 0.2) is 0 Å². The van der Waals surface area contributed by atoms with Crippen LogP contribution in [0.25, 0.3) is 90.9 Å². The number of fused-ring (bicyclic) bond motifs is 8. The molecular formula is C81H100N6O4. The summed E-state index contributed by atoms with van der Waals surface area (Å²) in [7, 11) is 0. The molecule has 0 radical (unpaired) electrons. The molecule has 91 heavy (non-hydrogen) atoms. The van der Waals surface area contributed by atoms with Crippen LogP contribution in [-0.2, 0) is 46.8 Å². The number of nitrogens with two attached hydrogens (primary N) is 1. The largest absolute Gasteiger partial charge is 0.494 e. The Morgan fingerprint density at radius 2 is 0.824 bits per heavy atom. The standard InChI is InChI=1S/C81H100N6O4/c1-20-39-91-75(89)61(82)24-21-22-38-83-70(88)25-23-40-90-60-28-26-50(27-29-60)71-62-30-32-64(84-62)72(51-41-54(76(2,3)4)47-55(42-51)77(5,6)7)66-34-36-68(86-66)74(53-45-58(80(14,15)16)49-59(46-53)81(17,18)19)69-37-35-67(87-69)73(65-33-31-63(71)85-65)52-43-56(78(8,9)10)48-57(44-52)79(11,12)13/h20,26-37,41-49,61,84,87H,1,21-25,38-40,82H2,2-19H3,(H,83,88)/t61-/m0/s1. The Bertz CT molecular complexity index is 3940. The van der Waals surface area contributed by atoms with Crippen molar-refractivity contribution in [3.8, 4) is 50.3 Å². The predicted molar refractivity (Wildman–Crippen MR) is 384 cm³/mol. The van der Waals surface area contributed by atoms with Crippen LogP contribution in [-0.4, -0.2) is 57.6 Å². The van der Waals surface area contributed by atoms with Crippen LogP contribution >= 0.6 is 0 Å². The first-order valence-corrected chi connectivity index (χ1v) is 32.8. The highest BCUT2D eigenvalue weighted by Crippen LogP contribution is 2.44. The molecule has 10 nitrogen and oxygen atoms in total. The summed E-state index contributed by atoms with van der Waals surface area (Å²) >= 11 is 0. The number of aromatic nitrogens is 4. The number of unbranched alkanes of at least 4 members (excludes halogenated alkanes) is 1.